The molecule has 2 N–H and O–H groups in total. The molecule has 1 amide bonds. The molecule has 1 saturated carbocycles. The van der Waals surface area contributed by atoms with Crippen LogP contribution in [0.2, 0.25) is 0 Å². The quantitative estimate of drug-likeness (QED) is 0.726. The molecule has 0 radical (unpaired) electrons. The standard InChI is InChI=1S/C15H26N2O/c1-15(2,3)11-7-9-17(10-8-11)14(18)12-5-4-6-13(12)16/h7,12-13H,4-6,8-10,16H2,1-3H3. The molecule has 102 valence electrons. The van der Waals surface area contributed by atoms with Crippen LogP contribution in [0.5, 0.6) is 0 Å². The Balaban J connectivity index is 1.97. The lowest BCUT2D eigenvalue weighted by Crippen LogP contribution is -2.44. The predicted molar refractivity (Wildman–Crippen MR) is 74.1 cm³/mol. The molecule has 1 heterocycles. The van der Waals surface area contributed by atoms with Gasteiger partial charge in [0.2, 0.25) is 5.91 Å². The predicted octanol–water partition coefficient (Wildman–Crippen LogP) is 2.32. The van der Waals surface area contributed by atoms with Gasteiger partial charge < -0.3 is 10.6 Å². The highest BCUT2D eigenvalue weighted by molar-refractivity contribution is 5.80. The maximum atomic E-state index is 12.4. The van der Waals surface area contributed by atoms with Crippen LogP contribution < -0.4 is 5.73 Å². The largest absolute Gasteiger partial charge is 0.338 e. The summed E-state index contributed by atoms with van der Waals surface area (Å²) in [6, 6.07) is 0.0884. The third-order valence-electron chi connectivity index (χ3n) is 4.37. The van der Waals surface area contributed by atoms with Gasteiger partial charge in [0.25, 0.3) is 0 Å². The minimum atomic E-state index is 0.0783. The fraction of sp³-hybridized carbons (Fsp3) is 0.800. The molecule has 0 saturated heterocycles. The van der Waals surface area contributed by atoms with Crippen molar-refractivity contribution in [1.29, 1.82) is 0 Å². The Morgan fingerprint density at radius 3 is 2.56 bits per heavy atom. The SMILES string of the molecule is CC(C)(C)C1=CCN(C(=O)C2CCCC2N)CC1. The molecule has 0 spiro atoms. The smallest absolute Gasteiger partial charge is 0.227 e. The van der Waals surface area contributed by atoms with Crippen LogP contribution in [0.3, 0.4) is 0 Å². The molecule has 0 aromatic heterocycles. The molecule has 2 unspecified atom stereocenters. The highest BCUT2D eigenvalue weighted by Gasteiger charge is 2.34. The Morgan fingerprint density at radius 1 is 1.39 bits per heavy atom. The van der Waals surface area contributed by atoms with Gasteiger partial charge in [-0.15, -0.1) is 0 Å². The van der Waals surface area contributed by atoms with Gasteiger partial charge in [-0.25, -0.2) is 0 Å². The van der Waals surface area contributed by atoms with Crippen molar-refractivity contribution in [2.45, 2.75) is 52.5 Å². The van der Waals surface area contributed by atoms with E-state index < -0.39 is 0 Å². The number of carbonyl (C=O) groups excluding carboxylic acids is 1. The summed E-state index contributed by atoms with van der Waals surface area (Å²) >= 11 is 0. The van der Waals surface area contributed by atoms with Gasteiger partial charge in [0.05, 0.1) is 5.92 Å². The zero-order valence-corrected chi connectivity index (χ0v) is 11.9. The monoisotopic (exact) mass is 250 g/mol. The second-order valence-electron chi connectivity index (χ2n) is 6.71. The van der Waals surface area contributed by atoms with Gasteiger partial charge in [0, 0.05) is 19.1 Å². The Labute approximate surface area is 110 Å². The molecule has 2 aliphatic rings. The Morgan fingerprint density at radius 2 is 2.11 bits per heavy atom. The van der Waals surface area contributed by atoms with Crippen LogP contribution >= 0.6 is 0 Å². The minimum absolute atomic E-state index is 0.0783. The maximum absolute atomic E-state index is 12.4. The number of rotatable bonds is 1. The Kier molecular flexibility index (Phi) is 3.81. The van der Waals surface area contributed by atoms with E-state index >= 15 is 0 Å². The molecule has 0 bridgehead atoms. The average molecular weight is 250 g/mol. The molecule has 1 aliphatic heterocycles. The molecular formula is C15H26N2O. The molecule has 2 rings (SSSR count). The first kappa shape index (κ1) is 13.6. The van der Waals surface area contributed by atoms with Gasteiger partial charge >= 0.3 is 0 Å². The molecule has 18 heavy (non-hydrogen) atoms. The van der Waals surface area contributed by atoms with Crippen molar-refractivity contribution in [1.82, 2.24) is 4.90 Å². The number of nitrogens with two attached hydrogens (primary N) is 1. The number of amides is 1. The molecule has 2 atom stereocenters. The van der Waals surface area contributed by atoms with Gasteiger partial charge in [-0.1, -0.05) is 38.8 Å². The van der Waals surface area contributed by atoms with Crippen LogP contribution in [0.15, 0.2) is 11.6 Å². The molecule has 0 aromatic carbocycles. The van der Waals surface area contributed by atoms with Crippen molar-refractivity contribution >= 4 is 5.91 Å². The van der Waals surface area contributed by atoms with E-state index in [4.69, 9.17) is 5.73 Å². The summed E-state index contributed by atoms with van der Waals surface area (Å²) in [6.07, 6.45) is 6.34. The summed E-state index contributed by atoms with van der Waals surface area (Å²) in [5.74, 6) is 0.360. The lowest BCUT2D eigenvalue weighted by Gasteiger charge is -2.34. The highest BCUT2D eigenvalue weighted by atomic mass is 16.2. The van der Waals surface area contributed by atoms with E-state index in [1.54, 1.807) is 0 Å². The van der Waals surface area contributed by atoms with Crippen molar-refractivity contribution in [3.8, 4) is 0 Å². The minimum Gasteiger partial charge on any atom is -0.338 e. The summed E-state index contributed by atoms with van der Waals surface area (Å²) in [6.45, 7) is 8.36. The second-order valence-corrected chi connectivity index (χ2v) is 6.71. The van der Waals surface area contributed by atoms with Crippen LogP contribution in [0.25, 0.3) is 0 Å². The lowest BCUT2D eigenvalue weighted by molar-refractivity contribution is -0.135. The van der Waals surface area contributed by atoms with E-state index in [0.29, 0.717) is 0 Å². The van der Waals surface area contributed by atoms with Gasteiger partial charge in [0.1, 0.15) is 0 Å². The molecule has 3 heteroatoms. The topological polar surface area (TPSA) is 46.3 Å². The number of carbonyl (C=O) groups is 1. The highest BCUT2D eigenvalue weighted by Crippen LogP contribution is 2.32. The third-order valence-corrected chi connectivity index (χ3v) is 4.37. The van der Waals surface area contributed by atoms with Gasteiger partial charge in [0.15, 0.2) is 0 Å². The first-order valence-electron chi connectivity index (χ1n) is 7.13. The van der Waals surface area contributed by atoms with Crippen molar-refractivity contribution in [2.24, 2.45) is 17.1 Å². The van der Waals surface area contributed by atoms with Gasteiger partial charge in [-0.3, -0.25) is 4.79 Å². The molecule has 1 aliphatic carbocycles. The van der Waals surface area contributed by atoms with E-state index in [2.05, 4.69) is 26.8 Å². The zero-order chi connectivity index (χ0) is 13.3. The van der Waals surface area contributed by atoms with E-state index in [1.807, 2.05) is 4.90 Å². The molecule has 3 nitrogen and oxygen atoms in total. The normalized spacial score (nSPS) is 29.3. The Bertz CT molecular complexity index is 354. The van der Waals surface area contributed by atoms with Gasteiger partial charge in [-0.05, 0) is 24.7 Å². The van der Waals surface area contributed by atoms with Crippen molar-refractivity contribution < 1.29 is 4.79 Å². The summed E-state index contributed by atoms with van der Waals surface area (Å²) in [5.41, 5.74) is 7.73. The van der Waals surface area contributed by atoms with Crippen LogP contribution in [0.1, 0.15) is 46.5 Å². The van der Waals surface area contributed by atoms with Crippen LogP contribution in [-0.2, 0) is 4.79 Å². The zero-order valence-electron chi connectivity index (χ0n) is 11.9. The fourth-order valence-electron chi connectivity index (χ4n) is 3.08. The summed E-state index contributed by atoms with van der Waals surface area (Å²) < 4.78 is 0. The van der Waals surface area contributed by atoms with Crippen LogP contribution in [0.4, 0.5) is 0 Å². The number of hydrogen-bond donors (Lipinski definition) is 1. The van der Waals surface area contributed by atoms with Gasteiger partial charge in [-0.2, -0.15) is 0 Å². The average Bonchev–Trinajstić information content (AvgIpc) is 2.73. The summed E-state index contributed by atoms with van der Waals surface area (Å²) in [7, 11) is 0. The van der Waals surface area contributed by atoms with Crippen molar-refractivity contribution in [3.05, 3.63) is 11.6 Å². The van der Waals surface area contributed by atoms with E-state index in [0.717, 1.165) is 38.8 Å². The summed E-state index contributed by atoms with van der Waals surface area (Å²) in [5, 5.41) is 0. The first-order chi connectivity index (χ1) is 8.39. The summed E-state index contributed by atoms with van der Waals surface area (Å²) in [4.78, 5) is 14.4. The number of hydrogen-bond acceptors (Lipinski definition) is 2. The first-order valence-corrected chi connectivity index (χ1v) is 7.13. The second kappa shape index (κ2) is 5.04. The van der Waals surface area contributed by atoms with E-state index in [9.17, 15) is 4.79 Å². The lowest BCUT2D eigenvalue weighted by atomic mass is 9.83. The van der Waals surface area contributed by atoms with Crippen molar-refractivity contribution in [2.75, 3.05) is 13.1 Å². The molecular weight excluding hydrogens is 224 g/mol. The van der Waals surface area contributed by atoms with Crippen LogP contribution in [-0.4, -0.2) is 29.9 Å². The maximum Gasteiger partial charge on any atom is 0.227 e. The molecule has 0 aromatic rings. The van der Waals surface area contributed by atoms with Crippen LogP contribution in [0, 0.1) is 11.3 Å². The van der Waals surface area contributed by atoms with Crippen molar-refractivity contribution in [3.63, 3.8) is 0 Å². The van der Waals surface area contributed by atoms with E-state index in [1.165, 1.54) is 5.57 Å². The molecule has 1 fully saturated rings. The third kappa shape index (κ3) is 2.77. The fourth-order valence-corrected chi connectivity index (χ4v) is 3.08. The Hall–Kier alpha value is -0.830. The van der Waals surface area contributed by atoms with E-state index in [-0.39, 0.29) is 23.3 Å². The number of nitrogens with zero attached hydrogens (tertiary/aromatic N) is 1.